The maximum absolute atomic E-state index is 12.3. The highest BCUT2D eigenvalue weighted by atomic mass is 16.5. The number of benzene rings is 1. The summed E-state index contributed by atoms with van der Waals surface area (Å²) in [5.74, 6) is -0.908. The molecule has 112 valence electrons. The third-order valence-corrected chi connectivity index (χ3v) is 4.56. The molecule has 0 aliphatic carbocycles. The van der Waals surface area contributed by atoms with Crippen molar-refractivity contribution in [3.63, 3.8) is 0 Å². The molecule has 0 saturated carbocycles. The topological polar surface area (TPSA) is 49.8 Å². The number of hydrogen-bond donors (Lipinski definition) is 1. The second-order valence-electron chi connectivity index (χ2n) is 5.86. The normalized spacial score (nSPS) is 29.3. The van der Waals surface area contributed by atoms with Gasteiger partial charge in [0.2, 0.25) is 0 Å². The fourth-order valence-electron chi connectivity index (χ4n) is 3.24. The second kappa shape index (κ2) is 6.00. The Morgan fingerprint density at radius 1 is 1.29 bits per heavy atom. The molecular weight excluding hydrogens is 266 g/mol. The minimum absolute atomic E-state index is 0.0588. The van der Waals surface area contributed by atoms with Gasteiger partial charge in [-0.1, -0.05) is 42.5 Å². The molecule has 2 heterocycles. The van der Waals surface area contributed by atoms with Crippen LogP contribution in [0.5, 0.6) is 0 Å². The second-order valence-corrected chi connectivity index (χ2v) is 5.86. The number of aliphatic hydroxyl groups excluding tert-OH is 1. The van der Waals surface area contributed by atoms with E-state index in [-0.39, 0.29) is 18.7 Å². The molecule has 0 radical (unpaired) electrons. The molecule has 4 nitrogen and oxygen atoms in total. The van der Waals surface area contributed by atoms with E-state index in [1.807, 2.05) is 30.3 Å². The highest BCUT2D eigenvalue weighted by Gasteiger charge is 2.37. The highest BCUT2D eigenvalue weighted by Crippen LogP contribution is 2.31. The lowest BCUT2D eigenvalue weighted by Crippen LogP contribution is -2.44. The molecule has 0 amide bonds. The number of ether oxygens (including phenoxy) is 1. The number of esters is 1. The lowest BCUT2D eigenvalue weighted by atomic mass is 9.98. The summed E-state index contributed by atoms with van der Waals surface area (Å²) in [6.07, 6.45) is 6.00. The standard InChI is InChI=1S/C17H21NO3/c1-18-13-7-8-14(18)10-15(9-13)21-17(20)16(11-19)12-5-3-2-4-6-12/h2-8,13-16,19H,9-11H2,1H3/t13-,14-,16-/m1/s1. The Morgan fingerprint density at radius 2 is 1.90 bits per heavy atom. The molecule has 1 aromatic rings. The van der Waals surface area contributed by atoms with Crippen molar-refractivity contribution >= 4 is 5.97 Å². The van der Waals surface area contributed by atoms with Gasteiger partial charge in [0, 0.05) is 24.9 Å². The highest BCUT2D eigenvalue weighted by molar-refractivity contribution is 5.78. The number of carbonyl (C=O) groups is 1. The fourth-order valence-corrected chi connectivity index (χ4v) is 3.24. The quantitative estimate of drug-likeness (QED) is 0.676. The Morgan fingerprint density at radius 3 is 2.48 bits per heavy atom. The van der Waals surface area contributed by atoms with Crippen LogP contribution in [0, 0.1) is 0 Å². The van der Waals surface area contributed by atoms with E-state index in [2.05, 4.69) is 24.1 Å². The van der Waals surface area contributed by atoms with E-state index in [0.29, 0.717) is 12.1 Å². The maximum atomic E-state index is 12.3. The molecule has 0 aromatic heterocycles. The molecule has 0 spiro atoms. The Hall–Kier alpha value is -1.65. The largest absolute Gasteiger partial charge is 0.462 e. The molecule has 1 N–H and O–H groups in total. The minimum Gasteiger partial charge on any atom is -0.462 e. The van der Waals surface area contributed by atoms with Gasteiger partial charge >= 0.3 is 5.97 Å². The minimum atomic E-state index is -0.587. The molecule has 0 unspecified atom stereocenters. The summed E-state index contributed by atoms with van der Waals surface area (Å²) in [4.78, 5) is 14.7. The Balaban J connectivity index is 1.64. The van der Waals surface area contributed by atoms with Crippen molar-refractivity contribution in [1.82, 2.24) is 4.90 Å². The molecule has 3 rings (SSSR count). The van der Waals surface area contributed by atoms with E-state index in [4.69, 9.17) is 4.74 Å². The van der Waals surface area contributed by atoms with Gasteiger partial charge in [-0.2, -0.15) is 0 Å². The van der Waals surface area contributed by atoms with E-state index in [1.54, 1.807) is 0 Å². The van der Waals surface area contributed by atoms with Crippen LogP contribution < -0.4 is 0 Å². The van der Waals surface area contributed by atoms with Crippen molar-refractivity contribution in [1.29, 1.82) is 0 Å². The number of fused-ring (bicyclic) bond motifs is 2. The third kappa shape index (κ3) is 2.87. The zero-order valence-corrected chi connectivity index (χ0v) is 12.2. The van der Waals surface area contributed by atoms with Crippen LogP contribution in [-0.4, -0.2) is 47.8 Å². The van der Waals surface area contributed by atoms with Crippen LogP contribution >= 0.6 is 0 Å². The number of aliphatic hydroxyl groups is 1. The molecule has 3 atom stereocenters. The van der Waals surface area contributed by atoms with Crippen molar-refractivity contribution in [3.05, 3.63) is 48.0 Å². The molecule has 2 aliphatic heterocycles. The molecule has 1 aromatic carbocycles. The Kier molecular flexibility index (Phi) is 4.08. The first-order chi connectivity index (χ1) is 10.2. The van der Waals surface area contributed by atoms with Gasteiger partial charge in [0.1, 0.15) is 12.0 Å². The number of piperidine rings is 1. The van der Waals surface area contributed by atoms with E-state index in [0.717, 1.165) is 18.4 Å². The van der Waals surface area contributed by atoms with Crippen LogP contribution in [0.25, 0.3) is 0 Å². The first kappa shape index (κ1) is 14.3. The smallest absolute Gasteiger partial charge is 0.316 e. The summed E-state index contributed by atoms with van der Waals surface area (Å²) in [5, 5.41) is 9.52. The molecule has 1 fully saturated rings. The predicted molar refractivity (Wildman–Crippen MR) is 79.9 cm³/mol. The van der Waals surface area contributed by atoms with E-state index in [1.165, 1.54) is 0 Å². The van der Waals surface area contributed by atoms with E-state index in [9.17, 15) is 9.90 Å². The number of hydrogen-bond acceptors (Lipinski definition) is 4. The molecule has 2 aliphatic rings. The van der Waals surface area contributed by atoms with Crippen LogP contribution in [0.2, 0.25) is 0 Å². The van der Waals surface area contributed by atoms with Crippen molar-refractivity contribution in [3.8, 4) is 0 Å². The van der Waals surface area contributed by atoms with Crippen LogP contribution in [0.15, 0.2) is 42.5 Å². The molecule has 4 heteroatoms. The lowest BCUT2D eigenvalue weighted by molar-refractivity contribution is -0.155. The molecule has 21 heavy (non-hydrogen) atoms. The van der Waals surface area contributed by atoms with Crippen molar-refractivity contribution in [2.45, 2.75) is 36.9 Å². The van der Waals surface area contributed by atoms with Crippen molar-refractivity contribution < 1.29 is 14.6 Å². The summed E-state index contributed by atoms with van der Waals surface area (Å²) >= 11 is 0. The average molecular weight is 287 g/mol. The first-order valence-corrected chi connectivity index (χ1v) is 7.45. The van der Waals surface area contributed by atoms with E-state index < -0.39 is 5.92 Å². The van der Waals surface area contributed by atoms with Crippen LogP contribution in [0.1, 0.15) is 24.3 Å². The zero-order chi connectivity index (χ0) is 14.8. The lowest BCUT2D eigenvalue weighted by Gasteiger charge is -2.36. The zero-order valence-electron chi connectivity index (χ0n) is 12.2. The van der Waals surface area contributed by atoms with Gasteiger partial charge in [0.15, 0.2) is 0 Å². The van der Waals surface area contributed by atoms with Gasteiger partial charge in [0.05, 0.1) is 6.61 Å². The van der Waals surface area contributed by atoms with Gasteiger partial charge in [-0.05, 0) is 12.6 Å². The molecular formula is C17H21NO3. The number of carbonyl (C=O) groups excluding carboxylic acids is 1. The van der Waals surface area contributed by atoms with Gasteiger partial charge in [-0.15, -0.1) is 0 Å². The maximum Gasteiger partial charge on any atom is 0.316 e. The summed E-state index contributed by atoms with van der Waals surface area (Å²) in [7, 11) is 2.11. The third-order valence-electron chi connectivity index (χ3n) is 4.56. The van der Waals surface area contributed by atoms with Crippen LogP contribution in [0.4, 0.5) is 0 Å². The summed E-state index contributed by atoms with van der Waals surface area (Å²) in [5.41, 5.74) is 0.805. The average Bonchev–Trinajstić information content (AvgIpc) is 2.72. The Labute approximate surface area is 125 Å². The summed E-state index contributed by atoms with van der Waals surface area (Å²) in [6, 6.07) is 10.1. The van der Waals surface area contributed by atoms with Gasteiger partial charge in [-0.3, -0.25) is 9.69 Å². The number of rotatable bonds is 4. The van der Waals surface area contributed by atoms with Crippen molar-refractivity contribution in [2.75, 3.05) is 13.7 Å². The summed E-state index contributed by atoms with van der Waals surface area (Å²) in [6.45, 7) is -0.222. The van der Waals surface area contributed by atoms with Crippen molar-refractivity contribution in [2.24, 2.45) is 0 Å². The molecule has 1 saturated heterocycles. The van der Waals surface area contributed by atoms with Gasteiger partial charge in [0.25, 0.3) is 0 Å². The predicted octanol–water partition coefficient (Wildman–Crippen LogP) is 1.71. The Bertz CT molecular complexity index is 512. The fraction of sp³-hybridized carbons (Fsp3) is 0.471. The van der Waals surface area contributed by atoms with Gasteiger partial charge in [-0.25, -0.2) is 0 Å². The number of nitrogens with zero attached hydrogens (tertiary/aromatic N) is 1. The number of likely N-dealkylation sites (N-methyl/N-ethyl adjacent to an activating group) is 1. The first-order valence-electron chi connectivity index (χ1n) is 7.45. The SMILES string of the molecule is CN1[C@@H]2C=C[C@@H]1CC(OC(=O)[C@H](CO)c1ccccc1)C2. The van der Waals surface area contributed by atoms with Gasteiger partial charge < -0.3 is 9.84 Å². The molecule has 2 bridgehead atoms. The van der Waals surface area contributed by atoms with Crippen LogP contribution in [0.3, 0.4) is 0 Å². The van der Waals surface area contributed by atoms with Crippen LogP contribution in [-0.2, 0) is 9.53 Å². The van der Waals surface area contributed by atoms with E-state index >= 15 is 0 Å². The monoisotopic (exact) mass is 287 g/mol. The summed E-state index contributed by atoms with van der Waals surface area (Å²) < 4.78 is 5.66.